The molecule has 0 spiro atoms. The van der Waals surface area contributed by atoms with Gasteiger partial charge in [0.05, 0.1) is 33.5 Å². The molecule has 5 heteroatoms. The summed E-state index contributed by atoms with van der Waals surface area (Å²) in [6, 6.07) is 61.8. The smallest absolute Gasteiger partial charge is 0.161 e. The molecule has 5 nitrogen and oxygen atoms in total. The molecule has 0 saturated carbocycles. The Morgan fingerprint density at radius 2 is 0.945 bits per heavy atom. The second-order valence-electron chi connectivity index (χ2n) is 13.8. The maximum atomic E-state index is 5.20. The topological polar surface area (TPSA) is 56.5 Å². The Hall–Kier alpha value is -7.50. The molecule has 0 radical (unpaired) electrons. The van der Waals surface area contributed by atoms with Crippen molar-refractivity contribution < 1.29 is 0 Å². The van der Waals surface area contributed by atoms with E-state index in [1.165, 1.54) is 16.2 Å². The van der Waals surface area contributed by atoms with E-state index in [2.05, 4.69) is 168 Å². The zero-order valence-electron chi connectivity index (χ0n) is 29.6. The van der Waals surface area contributed by atoms with Crippen molar-refractivity contribution in [2.24, 2.45) is 0 Å². The van der Waals surface area contributed by atoms with Gasteiger partial charge in [-0.05, 0) is 40.8 Å². The van der Waals surface area contributed by atoms with Crippen molar-refractivity contribution in [3.05, 3.63) is 188 Å². The van der Waals surface area contributed by atoms with E-state index in [9.17, 15) is 0 Å². The fourth-order valence-corrected chi connectivity index (χ4v) is 8.26. The van der Waals surface area contributed by atoms with Crippen LogP contribution in [-0.4, -0.2) is 24.5 Å². The number of aromatic nitrogens is 5. The van der Waals surface area contributed by atoms with Crippen LogP contribution >= 0.6 is 0 Å². The molecule has 11 aromatic rings. The van der Waals surface area contributed by atoms with Crippen molar-refractivity contribution in [3.63, 3.8) is 0 Å². The Morgan fingerprint density at radius 1 is 0.382 bits per heavy atom. The standard InChI is InChI=1S/C50H31N5/c1-3-14-32(15-4-1)43-31-44(33-16-5-2-6-17-33)54-50(53-43)41-24-10-7-20-36(41)34-18-13-19-35(30-34)55-45-25-12-11-21-37(45)40-26-27-42-46(49(40)55)38-22-8-9-23-39(38)47-48(42)52-29-28-51-47/h1-31H. The summed E-state index contributed by atoms with van der Waals surface area (Å²) in [5.74, 6) is 0.684. The third-order valence-electron chi connectivity index (χ3n) is 10.7. The highest BCUT2D eigenvalue weighted by atomic mass is 15.0. The molecule has 8 aromatic carbocycles. The molecule has 0 saturated heterocycles. The Balaban J connectivity index is 1.16. The second kappa shape index (κ2) is 12.6. The molecule has 11 rings (SSSR count). The van der Waals surface area contributed by atoms with E-state index in [0.717, 1.165) is 83.1 Å². The third-order valence-corrected chi connectivity index (χ3v) is 10.7. The molecule has 55 heavy (non-hydrogen) atoms. The zero-order valence-corrected chi connectivity index (χ0v) is 29.6. The largest absolute Gasteiger partial charge is 0.309 e. The highest BCUT2D eigenvalue weighted by molar-refractivity contribution is 6.32. The first-order valence-corrected chi connectivity index (χ1v) is 18.5. The van der Waals surface area contributed by atoms with Gasteiger partial charge in [0, 0.05) is 61.7 Å². The van der Waals surface area contributed by atoms with Crippen LogP contribution in [0.25, 0.3) is 105 Å². The third kappa shape index (κ3) is 5.02. The average molecular weight is 702 g/mol. The highest BCUT2D eigenvalue weighted by Crippen LogP contribution is 2.43. The first kappa shape index (κ1) is 31.1. The molecule has 256 valence electrons. The van der Waals surface area contributed by atoms with Crippen molar-refractivity contribution in [1.29, 1.82) is 0 Å². The van der Waals surface area contributed by atoms with Gasteiger partial charge >= 0.3 is 0 Å². The molecule has 0 unspecified atom stereocenters. The van der Waals surface area contributed by atoms with E-state index in [-0.39, 0.29) is 0 Å². The number of para-hydroxylation sites is 1. The normalized spacial score (nSPS) is 11.6. The fraction of sp³-hybridized carbons (Fsp3) is 0. The Morgan fingerprint density at radius 3 is 1.67 bits per heavy atom. The van der Waals surface area contributed by atoms with Crippen molar-refractivity contribution in [2.45, 2.75) is 0 Å². The summed E-state index contributed by atoms with van der Waals surface area (Å²) in [6.07, 6.45) is 3.57. The number of fused-ring (bicyclic) bond motifs is 10. The molecule has 0 N–H and O–H groups in total. The molecule has 0 amide bonds. The van der Waals surface area contributed by atoms with Crippen molar-refractivity contribution >= 4 is 54.4 Å². The van der Waals surface area contributed by atoms with Crippen LogP contribution in [-0.2, 0) is 0 Å². The summed E-state index contributed by atoms with van der Waals surface area (Å²) in [7, 11) is 0. The fourth-order valence-electron chi connectivity index (χ4n) is 8.26. The van der Waals surface area contributed by atoms with Gasteiger partial charge in [-0.25, -0.2) is 9.97 Å². The molecule has 0 aliphatic carbocycles. The minimum Gasteiger partial charge on any atom is -0.309 e. The van der Waals surface area contributed by atoms with Gasteiger partial charge < -0.3 is 4.57 Å². The average Bonchev–Trinajstić information content (AvgIpc) is 3.61. The quantitative estimate of drug-likeness (QED) is 0.168. The van der Waals surface area contributed by atoms with Crippen LogP contribution in [0.4, 0.5) is 0 Å². The van der Waals surface area contributed by atoms with Gasteiger partial charge in [-0.3, -0.25) is 9.97 Å². The molecule has 0 bridgehead atoms. The van der Waals surface area contributed by atoms with Crippen LogP contribution in [0.3, 0.4) is 0 Å². The van der Waals surface area contributed by atoms with Crippen LogP contribution < -0.4 is 0 Å². The van der Waals surface area contributed by atoms with Crippen LogP contribution in [0.15, 0.2) is 188 Å². The Bertz CT molecular complexity index is 3170. The number of rotatable bonds is 5. The minimum atomic E-state index is 0.684. The van der Waals surface area contributed by atoms with Gasteiger partial charge in [0.25, 0.3) is 0 Å². The van der Waals surface area contributed by atoms with Gasteiger partial charge in [-0.1, -0.05) is 152 Å². The Labute approximate surface area is 316 Å². The van der Waals surface area contributed by atoms with E-state index in [0.29, 0.717) is 5.82 Å². The minimum absolute atomic E-state index is 0.684. The van der Waals surface area contributed by atoms with Crippen molar-refractivity contribution in [3.8, 4) is 50.7 Å². The highest BCUT2D eigenvalue weighted by Gasteiger charge is 2.20. The Kier molecular flexibility index (Phi) is 7.10. The van der Waals surface area contributed by atoms with Gasteiger partial charge in [0.1, 0.15) is 0 Å². The first-order valence-electron chi connectivity index (χ1n) is 18.5. The maximum absolute atomic E-state index is 5.20. The maximum Gasteiger partial charge on any atom is 0.161 e. The predicted octanol–water partition coefficient (Wildman–Crippen LogP) is 12.5. The van der Waals surface area contributed by atoms with Crippen LogP contribution in [0.1, 0.15) is 0 Å². The van der Waals surface area contributed by atoms with Gasteiger partial charge in [-0.15, -0.1) is 0 Å². The van der Waals surface area contributed by atoms with Crippen LogP contribution in [0.2, 0.25) is 0 Å². The number of hydrogen-bond donors (Lipinski definition) is 0. The molecule has 3 aromatic heterocycles. The van der Waals surface area contributed by atoms with E-state index in [1.54, 1.807) is 12.4 Å². The molecular weight excluding hydrogens is 671 g/mol. The first-order chi connectivity index (χ1) is 27.3. The van der Waals surface area contributed by atoms with Gasteiger partial charge in [0.15, 0.2) is 5.82 Å². The molecule has 0 aliphatic heterocycles. The van der Waals surface area contributed by atoms with E-state index in [4.69, 9.17) is 19.9 Å². The van der Waals surface area contributed by atoms with Crippen molar-refractivity contribution in [1.82, 2.24) is 24.5 Å². The van der Waals surface area contributed by atoms with Gasteiger partial charge in [-0.2, -0.15) is 0 Å². The summed E-state index contributed by atoms with van der Waals surface area (Å²) >= 11 is 0. The lowest BCUT2D eigenvalue weighted by Gasteiger charge is -2.15. The molecule has 0 atom stereocenters. The molecule has 0 aliphatic rings. The predicted molar refractivity (Wildman–Crippen MR) is 226 cm³/mol. The van der Waals surface area contributed by atoms with Crippen LogP contribution in [0.5, 0.6) is 0 Å². The summed E-state index contributed by atoms with van der Waals surface area (Å²) in [6.45, 7) is 0. The number of nitrogens with zero attached hydrogens (tertiary/aromatic N) is 5. The lowest BCUT2D eigenvalue weighted by atomic mass is 9.96. The summed E-state index contributed by atoms with van der Waals surface area (Å²) < 4.78 is 2.42. The van der Waals surface area contributed by atoms with E-state index < -0.39 is 0 Å². The van der Waals surface area contributed by atoms with Crippen LogP contribution in [0, 0.1) is 0 Å². The molecular formula is C50H31N5. The molecule has 3 heterocycles. The number of hydrogen-bond acceptors (Lipinski definition) is 4. The van der Waals surface area contributed by atoms with Gasteiger partial charge in [0.2, 0.25) is 0 Å². The SMILES string of the molecule is c1ccc(-c2cc(-c3ccccc3)nc(-c3ccccc3-c3cccc(-n4c5ccccc5c5ccc6c7nccnc7c7ccccc7c6c54)c3)n2)cc1. The lowest BCUT2D eigenvalue weighted by Crippen LogP contribution is -1.98. The summed E-state index contributed by atoms with van der Waals surface area (Å²) in [5, 5.41) is 6.91. The van der Waals surface area contributed by atoms with E-state index in [1.807, 2.05) is 12.1 Å². The van der Waals surface area contributed by atoms with E-state index >= 15 is 0 Å². The van der Waals surface area contributed by atoms with Crippen molar-refractivity contribution in [2.75, 3.05) is 0 Å². The second-order valence-corrected chi connectivity index (χ2v) is 13.8. The zero-order chi connectivity index (χ0) is 36.3. The summed E-state index contributed by atoms with van der Waals surface area (Å²) in [5.41, 5.74) is 12.2. The number of benzene rings is 8. The monoisotopic (exact) mass is 701 g/mol. The summed E-state index contributed by atoms with van der Waals surface area (Å²) in [4.78, 5) is 20.1. The lowest BCUT2D eigenvalue weighted by molar-refractivity contribution is 1.18. The molecule has 0 fully saturated rings.